The number of rotatable bonds is 17. The fourth-order valence-electron chi connectivity index (χ4n) is 15.7. The Morgan fingerprint density at radius 3 is 1.17 bits per heavy atom. The molecule has 0 spiro atoms. The molecule has 0 bridgehead atoms. The summed E-state index contributed by atoms with van der Waals surface area (Å²) >= 11 is 0. The third kappa shape index (κ3) is 14.4. The predicted octanol–water partition coefficient (Wildman–Crippen LogP) is 18.1. The minimum Gasteiger partial charge on any atom is -0.444 e. The molecule has 0 unspecified atom stereocenters. The molecule has 6 aromatic carbocycles. The van der Waals surface area contributed by atoms with Crippen molar-refractivity contribution in [3.63, 3.8) is 0 Å². The van der Waals surface area contributed by atoms with E-state index in [0.29, 0.717) is 0 Å². The van der Waals surface area contributed by atoms with Gasteiger partial charge in [0, 0.05) is 42.1 Å². The van der Waals surface area contributed by atoms with E-state index in [1.54, 1.807) is 34.1 Å². The molecule has 0 amide bonds. The summed E-state index contributed by atoms with van der Waals surface area (Å²) < 4.78 is 10.7. The molecule has 2 saturated heterocycles. The summed E-state index contributed by atoms with van der Waals surface area (Å²) in [5, 5.41) is 5.72. The van der Waals surface area contributed by atoms with Crippen molar-refractivity contribution in [2.45, 2.75) is 168 Å². The van der Waals surface area contributed by atoms with Crippen molar-refractivity contribution in [1.29, 1.82) is 0 Å². The quantitative estimate of drug-likeness (QED) is 0.0848. The first-order valence-electron chi connectivity index (χ1n) is 30.4. The van der Waals surface area contributed by atoms with E-state index in [1.807, 2.05) is 0 Å². The van der Waals surface area contributed by atoms with Crippen LogP contribution in [0.15, 0.2) is 109 Å². The van der Waals surface area contributed by atoms with Crippen LogP contribution in [0.4, 0.5) is 0 Å². The van der Waals surface area contributed by atoms with Gasteiger partial charge >= 0.3 is 0 Å². The first kappa shape index (κ1) is 56.4. The molecule has 0 radical (unpaired) electrons. The van der Waals surface area contributed by atoms with Gasteiger partial charge in [-0.25, -0.2) is 0 Å². The second-order valence-corrected chi connectivity index (χ2v) is 26.0. The van der Waals surface area contributed by atoms with Crippen molar-refractivity contribution in [3.05, 3.63) is 166 Å². The van der Waals surface area contributed by atoms with Crippen LogP contribution >= 0.6 is 0 Å². The molecule has 12 rings (SSSR count). The fraction of sp³-hybridized carbons (Fsp3) is 0.528. The van der Waals surface area contributed by atoms with Gasteiger partial charge in [-0.05, 0) is 206 Å². The fourth-order valence-corrected chi connectivity index (χ4v) is 15.7. The molecule has 2 heterocycles. The molecule has 2 nitrogen and oxygen atoms in total. The van der Waals surface area contributed by atoms with Crippen molar-refractivity contribution in [2.24, 2.45) is 47.3 Å². The number of hydrogen-bond acceptors (Lipinski definition) is 2. The number of aryl methyl sites for hydroxylation is 2. The second kappa shape index (κ2) is 26.6. The molecule has 2 aliphatic heterocycles. The number of benzene rings is 6. The van der Waals surface area contributed by atoms with Gasteiger partial charge in [-0.15, -0.1) is 12.8 Å². The third-order valence-corrected chi connectivity index (χ3v) is 20.2. The van der Waals surface area contributed by atoms with Gasteiger partial charge in [0.2, 0.25) is 0 Å². The first-order valence-corrected chi connectivity index (χ1v) is 30.4. The van der Waals surface area contributed by atoms with Crippen LogP contribution < -0.4 is 0 Å². The average molecular weight is 1350 g/mol. The molecular formula is C72H88O2W2-2. The van der Waals surface area contributed by atoms with Gasteiger partial charge in [0.15, 0.2) is 0 Å². The Bertz CT molecular complexity index is 2770. The van der Waals surface area contributed by atoms with Gasteiger partial charge in [0.05, 0.1) is 0 Å². The van der Waals surface area contributed by atoms with Gasteiger partial charge in [-0.3, -0.25) is 11.8 Å². The molecule has 0 aromatic heterocycles. The summed E-state index contributed by atoms with van der Waals surface area (Å²) in [6, 6.07) is 43.9. The molecule has 4 aliphatic carbocycles. The summed E-state index contributed by atoms with van der Waals surface area (Å²) in [5.41, 5.74) is 14.9. The van der Waals surface area contributed by atoms with Gasteiger partial charge in [0.1, 0.15) is 0 Å². The van der Waals surface area contributed by atoms with Gasteiger partial charge in [-0.2, -0.15) is 0 Å². The monoisotopic (exact) mass is 1350 g/mol. The maximum atomic E-state index is 5.37. The Hall–Kier alpha value is -2.86. The maximum absolute atomic E-state index is 5.37. The zero-order valence-corrected chi connectivity index (χ0v) is 52.3. The van der Waals surface area contributed by atoms with Crippen molar-refractivity contribution < 1.29 is 51.6 Å². The number of fused-ring (bicyclic) bond motifs is 2. The van der Waals surface area contributed by atoms with E-state index in [-0.39, 0.29) is 42.1 Å². The Morgan fingerprint density at radius 2 is 0.737 bits per heavy atom. The standard InChI is InChI=1S/C72H88O2.2W/c1-49-4-32-70-66(33-49)29-30-67(42-62-27-25-58(26-28-62)38-54-11-9-53(10-12-54)37-57-17-23-61(24-18-57)41-65-47-74-48-65)72(70)71-44-63(43-68-34-50(2)3-31-69(68)71)39-59-19-13-55(14-20-59)35-51-5-7-52(8-6-51)36-56-15-21-60(22-16-56)40-64-45-73-46-64;;/h3-4,15-18,21-24,29-34,43-44,51-55,58-59,62H,5-14,19-20,25-28,35-42,45-48H2,1-2H3;;/q-2;;. The second-order valence-electron chi connectivity index (χ2n) is 26.0. The molecule has 6 fully saturated rings. The topological polar surface area (TPSA) is 18.5 Å². The van der Waals surface area contributed by atoms with E-state index in [9.17, 15) is 0 Å². The van der Waals surface area contributed by atoms with Crippen molar-refractivity contribution in [1.82, 2.24) is 0 Å². The van der Waals surface area contributed by atoms with Crippen LogP contribution in [0, 0.1) is 73.0 Å². The van der Waals surface area contributed by atoms with Crippen LogP contribution in [0.5, 0.6) is 0 Å². The molecule has 402 valence electrons. The van der Waals surface area contributed by atoms with Crippen LogP contribution in [0.3, 0.4) is 0 Å². The average Bonchev–Trinajstić information content (AvgIpc) is 3.40. The summed E-state index contributed by atoms with van der Waals surface area (Å²) in [5.74, 6) is 10.1. The van der Waals surface area contributed by atoms with Gasteiger partial charge < -0.3 is 9.47 Å². The van der Waals surface area contributed by atoms with Crippen LogP contribution in [-0.4, -0.2) is 26.4 Å². The SMILES string of the molecule is Cc1ccc2c(-c3c(CC4CCC(CC5CCC(Cc6ccc(C[C-]7COC7)cc6)CC5)CC4)ccc4cc(C)ccc34)cc(CC3CCC(CC4CCC(Cc5ccc(C[C-]6COC6)cc5)CC4)CC3)cc2c1.[W].[W]. The molecule has 76 heavy (non-hydrogen) atoms. The van der Waals surface area contributed by atoms with E-state index in [2.05, 4.69) is 123 Å². The van der Waals surface area contributed by atoms with Gasteiger partial charge in [0.25, 0.3) is 0 Å². The molecule has 6 aromatic rings. The summed E-state index contributed by atoms with van der Waals surface area (Å²) in [7, 11) is 0. The Morgan fingerprint density at radius 1 is 0.355 bits per heavy atom. The molecular weight excluding hydrogens is 1260 g/mol. The zero-order valence-electron chi connectivity index (χ0n) is 46.4. The van der Waals surface area contributed by atoms with Crippen molar-refractivity contribution in [2.75, 3.05) is 26.4 Å². The van der Waals surface area contributed by atoms with Crippen LogP contribution in [0.1, 0.15) is 160 Å². The van der Waals surface area contributed by atoms with E-state index in [0.717, 1.165) is 86.6 Å². The maximum Gasteiger partial charge on any atom is 0 e. The normalized spacial score (nSPS) is 26.3. The minimum absolute atomic E-state index is 0. The molecule has 4 heteroatoms. The van der Waals surface area contributed by atoms with E-state index >= 15 is 0 Å². The smallest absolute Gasteiger partial charge is 0 e. The summed E-state index contributed by atoms with van der Waals surface area (Å²) in [6.45, 7) is 8.00. The molecule has 0 N–H and O–H groups in total. The van der Waals surface area contributed by atoms with Crippen LogP contribution in [-0.2, 0) is 90.1 Å². The summed E-state index contributed by atoms with van der Waals surface area (Å²) in [6.07, 6.45) is 32.9. The Labute approximate surface area is 488 Å². The van der Waals surface area contributed by atoms with Crippen molar-refractivity contribution in [3.8, 4) is 11.1 Å². The van der Waals surface area contributed by atoms with E-state index in [4.69, 9.17) is 9.47 Å². The van der Waals surface area contributed by atoms with E-state index < -0.39 is 0 Å². The van der Waals surface area contributed by atoms with Crippen LogP contribution in [0.2, 0.25) is 0 Å². The number of ether oxygens (including phenoxy) is 2. The van der Waals surface area contributed by atoms with Crippen LogP contribution in [0.25, 0.3) is 32.7 Å². The summed E-state index contributed by atoms with van der Waals surface area (Å²) in [4.78, 5) is 0. The predicted molar refractivity (Wildman–Crippen MR) is 311 cm³/mol. The third-order valence-electron chi connectivity index (χ3n) is 20.2. The minimum atomic E-state index is 0. The van der Waals surface area contributed by atoms with Gasteiger partial charge in [-0.1, -0.05) is 209 Å². The van der Waals surface area contributed by atoms with Crippen molar-refractivity contribution >= 4 is 21.5 Å². The Balaban J connectivity index is 0.00000328. The molecule has 0 atom stereocenters. The Kier molecular flexibility index (Phi) is 19.7. The first-order chi connectivity index (χ1) is 36.3. The largest absolute Gasteiger partial charge is 0.444 e. The van der Waals surface area contributed by atoms with E-state index in [1.165, 1.54) is 196 Å². The molecule has 4 saturated carbocycles. The molecule has 6 aliphatic rings. The zero-order chi connectivity index (χ0) is 49.8. The number of hydrogen-bond donors (Lipinski definition) is 0.